The lowest BCUT2D eigenvalue weighted by Gasteiger charge is -2.18. The summed E-state index contributed by atoms with van der Waals surface area (Å²) in [5.74, 6) is -0.202. The van der Waals surface area contributed by atoms with Crippen LogP contribution >= 0.6 is 11.3 Å². The highest BCUT2D eigenvalue weighted by Crippen LogP contribution is 2.14. The molecule has 1 heterocycles. The zero-order chi connectivity index (χ0) is 11.3. The van der Waals surface area contributed by atoms with Gasteiger partial charge in [0.15, 0.2) is 0 Å². The fourth-order valence-corrected chi connectivity index (χ4v) is 3.25. The highest BCUT2D eigenvalue weighted by molar-refractivity contribution is 7.89. The van der Waals surface area contributed by atoms with Crippen molar-refractivity contribution in [3.63, 3.8) is 0 Å². The molecule has 0 amide bonds. The summed E-state index contributed by atoms with van der Waals surface area (Å²) in [7, 11) is -3.31. The molecule has 0 aliphatic carbocycles. The van der Waals surface area contributed by atoms with Crippen molar-refractivity contribution in [2.24, 2.45) is 0 Å². The van der Waals surface area contributed by atoms with Crippen molar-refractivity contribution >= 4 is 21.4 Å². The van der Waals surface area contributed by atoms with E-state index in [0.29, 0.717) is 13.1 Å². The smallest absolute Gasteiger partial charge is 0.216 e. The van der Waals surface area contributed by atoms with Crippen LogP contribution in [0.5, 0.6) is 0 Å². The van der Waals surface area contributed by atoms with E-state index in [2.05, 4.69) is 0 Å². The predicted molar refractivity (Wildman–Crippen MR) is 61.3 cm³/mol. The van der Waals surface area contributed by atoms with Crippen LogP contribution < -0.4 is 0 Å². The third-order valence-electron chi connectivity index (χ3n) is 2.01. The van der Waals surface area contributed by atoms with Gasteiger partial charge in [-0.25, -0.2) is 8.42 Å². The number of hydrogen-bond donors (Lipinski definition) is 1. The van der Waals surface area contributed by atoms with Crippen LogP contribution in [-0.4, -0.2) is 36.7 Å². The van der Waals surface area contributed by atoms with E-state index in [1.807, 2.05) is 17.5 Å². The highest BCUT2D eigenvalue weighted by Gasteiger charge is 2.19. The molecule has 1 aromatic heterocycles. The molecule has 0 fully saturated rings. The number of thiophene rings is 1. The summed E-state index contributed by atoms with van der Waals surface area (Å²) in [5, 5.41) is 10.6. The average Bonchev–Trinajstić information content (AvgIpc) is 2.66. The third-order valence-corrected chi connectivity index (χ3v) is 4.74. The minimum atomic E-state index is -3.31. The van der Waals surface area contributed by atoms with Gasteiger partial charge >= 0.3 is 0 Å². The third kappa shape index (κ3) is 3.57. The standard InChI is InChI=1S/C9H15NO3S2/c1-2-10(15(12,13)7-5-11)8-9-4-3-6-14-9/h3-4,6,11H,2,5,7-8H2,1H3. The normalized spacial score (nSPS) is 12.2. The van der Waals surface area contributed by atoms with Crippen LogP contribution in [0.3, 0.4) is 0 Å². The van der Waals surface area contributed by atoms with E-state index in [9.17, 15) is 8.42 Å². The Kier molecular flexibility index (Phi) is 4.72. The van der Waals surface area contributed by atoms with Crippen LogP contribution in [0, 0.1) is 0 Å². The number of aliphatic hydroxyl groups is 1. The molecule has 1 N–H and O–H groups in total. The molecule has 1 aromatic rings. The Morgan fingerprint density at radius 1 is 1.53 bits per heavy atom. The Hall–Kier alpha value is -0.430. The highest BCUT2D eigenvalue weighted by atomic mass is 32.2. The van der Waals surface area contributed by atoms with Gasteiger partial charge in [0.25, 0.3) is 0 Å². The summed E-state index contributed by atoms with van der Waals surface area (Å²) in [6, 6.07) is 3.80. The molecular formula is C9H15NO3S2. The van der Waals surface area contributed by atoms with Gasteiger partial charge in [-0.15, -0.1) is 11.3 Å². The maximum absolute atomic E-state index is 11.7. The molecule has 0 spiro atoms. The SMILES string of the molecule is CCN(Cc1cccs1)S(=O)(=O)CCO. The van der Waals surface area contributed by atoms with Crippen LogP contribution in [-0.2, 0) is 16.6 Å². The first-order valence-corrected chi connectivity index (χ1v) is 7.20. The zero-order valence-corrected chi connectivity index (χ0v) is 10.2. The molecule has 0 aliphatic heterocycles. The van der Waals surface area contributed by atoms with Gasteiger partial charge in [0, 0.05) is 18.0 Å². The van der Waals surface area contributed by atoms with Crippen LogP contribution in [0.15, 0.2) is 17.5 Å². The number of rotatable bonds is 6. The van der Waals surface area contributed by atoms with Gasteiger partial charge in [0.1, 0.15) is 0 Å². The first-order valence-electron chi connectivity index (χ1n) is 4.71. The number of hydrogen-bond acceptors (Lipinski definition) is 4. The van der Waals surface area contributed by atoms with Gasteiger partial charge in [-0.3, -0.25) is 0 Å². The summed E-state index contributed by atoms with van der Waals surface area (Å²) < 4.78 is 24.7. The number of sulfonamides is 1. The lowest BCUT2D eigenvalue weighted by Crippen LogP contribution is -2.33. The lowest BCUT2D eigenvalue weighted by atomic mass is 10.4. The molecule has 0 saturated heterocycles. The van der Waals surface area contributed by atoms with Gasteiger partial charge < -0.3 is 5.11 Å². The molecule has 1 rings (SSSR count). The van der Waals surface area contributed by atoms with Crippen molar-refractivity contribution in [2.45, 2.75) is 13.5 Å². The lowest BCUT2D eigenvalue weighted by molar-refractivity contribution is 0.314. The zero-order valence-electron chi connectivity index (χ0n) is 8.59. The Bertz CT molecular complexity index is 372. The molecule has 4 nitrogen and oxygen atoms in total. The summed E-state index contributed by atoms with van der Waals surface area (Å²) in [5.41, 5.74) is 0. The molecule has 0 aliphatic rings. The second-order valence-corrected chi connectivity index (χ2v) is 6.17. The minimum Gasteiger partial charge on any atom is -0.395 e. The monoisotopic (exact) mass is 249 g/mol. The molecule has 86 valence electrons. The number of aliphatic hydroxyl groups excluding tert-OH is 1. The summed E-state index contributed by atoms with van der Waals surface area (Å²) in [6.45, 7) is 2.29. The van der Waals surface area contributed by atoms with E-state index < -0.39 is 10.0 Å². The Morgan fingerprint density at radius 2 is 2.27 bits per heavy atom. The average molecular weight is 249 g/mol. The fourth-order valence-electron chi connectivity index (χ4n) is 1.23. The summed E-state index contributed by atoms with van der Waals surface area (Å²) in [6.07, 6.45) is 0. The summed E-state index contributed by atoms with van der Waals surface area (Å²) in [4.78, 5) is 1.01. The summed E-state index contributed by atoms with van der Waals surface area (Å²) >= 11 is 1.53. The van der Waals surface area contributed by atoms with Crippen molar-refractivity contribution in [2.75, 3.05) is 18.9 Å². The van der Waals surface area contributed by atoms with E-state index >= 15 is 0 Å². The molecule has 0 aromatic carbocycles. The predicted octanol–water partition coefficient (Wildman–Crippen LogP) is 0.892. The molecular weight excluding hydrogens is 234 g/mol. The maximum Gasteiger partial charge on any atom is 0.216 e. The van der Waals surface area contributed by atoms with E-state index in [-0.39, 0.29) is 12.4 Å². The molecule has 6 heteroatoms. The fraction of sp³-hybridized carbons (Fsp3) is 0.556. The molecule has 0 radical (unpaired) electrons. The molecule has 0 bridgehead atoms. The second-order valence-electron chi connectivity index (χ2n) is 3.05. The van der Waals surface area contributed by atoms with Crippen molar-refractivity contribution in [1.29, 1.82) is 0 Å². The van der Waals surface area contributed by atoms with E-state index in [1.54, 1.807) is 6.92 Å². The minimum absolute atomic E-state index is 0.202. The first-order chi connectivity index (χ1) is 7.10. The van der Waals surface area contributed by atoms with E-state index in [1.165, 1.54) is 15.6 Å². The molecule has 0 unspecified atom stereocenters. The van der Waals surface area contributed by atoms with Crippen LogP contribution in [0.2, 0.25) is 0 Å². The van der Waals surface area contributed by atoms with E-state index in [0.717, 1.165) is 4.88 Å². The Morgan fingerprint density at radius 3 is 2.73 bits per heavy atom. The van der Waals surface area contributed by atoms with Gasteiger partial charge in [-0.1, -0.05) is 13.0 Å². The first kappa shape index (κ1) is 12.6. The quantitative estimate of drug-likeness (QED) is 0.814. The molecule has 0 atom stereocenters. The van der Waals surface area contributed by atoms with Crippen LogP contribution in [0.1, 0.15) is 11.8 Å². The molecule has 0 saturated carbocycles. The largest absolute Gasteiger partial charge is 0.395 e. The van der Waals surface area contributed by atoms with Gasteiger partial charge in [0.05, 0.1) is 12.4 Å². The number of nitrogens with zero attached hydrogens (tertiary/aromatic N) is 1. The van der Waals surface area contributed by atoms with Crippen molar-refractivity contribution in [1.82, 2.24) is 4.31 Å². The van der Waals surface area contributed by atoms with E-state index in [4.69, 9.17) is 5.11 Å². The second kappa shape index (κ2) is 5.60. The van der Waals surface area contributed by atoms with Crippen molar-refractivity contribution < 1.29 is 13.5 Å². The van der Waals surface area contributed by atoms with Crippen molar-refractivity contribution in [3.8, 4) is 0 Å². The van der Waals surface area contributed by atoms with Gasteiger partial charge in [-0.05, 0) is 11.4 Å². The van der Waals surface area contributed by atoms with Gasteiger partial charge in [0.2, 0.25) is 10.0 Å². The Labute approximate surface area is 94.2 Å². The maximum atomic E-state index is 11.7. The topological polar surface area (TPSA) is 57.6 Å². The van der Waals surface area contributed by atoms with Crippen LogP contribution in [0.4, 0.5) is 0 Å². The van der Waals surface area contributed by atoms with Gasteiger partial charge in [-0.2, -0.15) is 4.31 Å². The Balaban J connectivity index is 2.72. The van der Waals surface area contributed by atoms with Crippen LogP contribution in [0.25, 0.3) is 0 Å². The molecule has 15 heavy (non-hydrogen) atoms. The van der Waals surface area contributed by atoms with Crippen molar-refractivity contribution in [3.05, 3.63) is 22.4 Å².